The van der Waals surface area contributed by atoms with Gasteiger partial charge < -0.3 is 5.32 Å². The molecular formula is C18H13F4N5. The second kappa shape index (κ2) is 6.19. The molecule has 0 saturated carbocycles. The fourth-order valence-electron chi connectivity index (χ4n) is 2.71. The van der Waals surface area contributed by atoms with Crippen LogP contribution in [0.4, 0.5) is 23.4 Å². The zero-order chi connectivity index (χ0) is 19.2. The number of nitrogens with zero attached hydrogens (tertiary/aromatic N) is 4. The van der Waals surface area contributed by atoms with Crippen molar-refractivity contribution in [2.75, 3.05) is 11.9 Å². The normalized spacial score (nSPS) is 14.4. The van der Waals surface area contributed by atoms with Gasteiger partial charge in [-0.2, -0.15) is 8.78 Å². The van der Waals surface area contributed by atoms with E-state index in [2.05, 4.69) is 20.4 Å². The Morgan fingerprint density at radius 2 is 1.85 bits per heavy atom. The van der Waals surface area contributed by atoms with Crippen LogP contribution >= 0.6 is 0 Å². The van der Waals surface area contributed by atoms with Gasteiger partial charge in [0.2, 0.25) is 5.82 Å². The van der Waals surface area contributed by atoms with Crippen LogP contribution in [-0.2, 0) is 5.92 Å². The van der Waals surface area contributed by atoms with E-state index in [0.717, 1.165) is 46.6 Å². The standard InChI is InChI=1S/C18H13F4N5/c1-10-6-15(23-8-10)24-16-14-7-13(20)9-27(14)26-17(25-16)18(21,22)11-2-4-12(19)5-3-11/h2-7,9H,8H2,1H3,(H,23,24,25,26). The number of alkyl halides is 2. The molecule has 0 aliphatic carbocycles. The SMILES string of the molecule is CC1=CC(Nc2nc(C(F)(F)c3ccc(F)cc3)nn3cc(F)cc23)=NC1. The molecule has 5 nitrogen and oxygen atoms in total. The van der Waals surface area contributed by atoms with Crippen LogP contribution in [0.25, 0.3) is 5.52 Å². The Labute approximate surface area is 151 Å². The third-order valence-electron chi connectivity index (χ3n) is 4.05. The van der Waals surface area contributed by atoms with Gasteiger partial charge in [-0.05, 0) is 42.8 Å². The summed E-state index contributed by atoms with van der Waals surface area (Å²) in [5, 5.41) is 6.59. The first-order valence-corrected chi connectivity index (χ1v) is 8.02. The predicted octanol–water partition coefficient (Wildman–Crippen LogP) is 3.92. The van der Waals surface area contributed by atoms with E-state index in [0.29, 0.717) is 12.4 Å². The van der Waals surface area contributed by atoms with E-state index in [1.165, 1.54) is 0 Å². The number of anilines is 1. The lowest BCUT2D eigenvalue weighted by molar-refractivity contribution is 0.0315. The van der Waals surface area contributed by atoms with Gasteiger partial charge >= 0.3 is 5.92 Å². The van der Waals surface area contributed by atoms with E-state index in [4.69, 9.17) is 0 Å². The Hall–Kier alpha value is -3.23. The van der Waals surface area contributed by atoms with Gasteiger partial charge in [0.15, 0.2) is 5.82 Å². The van der Waals surface area contributed by atoms with E-state index < -0.39 is 28.9 Å². The van der Waals surface area contributed by atoms with Crippen LogP contribution in [0.15, 0.2) is 53.2 Å². The van der Waals surface area contributed by atoms with E-state index in [1.807, 2.05) is 6.92 Å². The summed E-state index contributed by atoms with van der Waals surface area (Å²) in [6.07, 6.45) is 2.72. The van der Waals surface area contributed by atoms with Crippen molar-refractivity contribution < 1.29 is 17.6 Å². The minimum Gasteiger partial charge on any atom is -0.323 e. The highest BCUT2D eigenvalue weighted by Gasteiger charge is 2.39. The summed E-state index contributed by atoms with van der Waals surface area (Å²) in [4.78, 5) is 8.12. The summed E-state index contributed by atoms with van der Waals surface area (Å²) in [6, 6.07) is 4.90. The van der Waals surface area contributed by atoms with Crippen molar-refractivity contribution in [3.05, 3.63) is 71.2 Å². The number of nitrogens with one attached hydrogen (secondary N) is 1. The van der Waals surface area contributed by atoms with Crippen molar-refractivity contribution in [3.63, 3.8) is 0 Å². The molecule has 0 atom stereocenters. The van der Waals surface area contributed by atoms with E-state index in [1.54, 1.807) is 6.08 Å². The smallest absolute Gasteiger partial charge is 0.323 e. The number of amidine groups is 1. The zero-order valence-corrected chi connectivity index (χ0v) is 14.0. The maximum Gasteiger partial charge on any atom is 0.333 e. The van der Waals surface area contributed by atoms with Crippen LogP contribution in [0, 0.1) is 11.6 Å². The van der Waals surface area contributed by atoms with Crippen molar-refractivity contribution >= 4 is 17.2 Å². The molecule has 1 aromatic carbocycles. The van der Waals surface area contributed by atoms with Crippen LogP contribution in [0.2, 0.25) is 0 Å². The van der Waals surface area contributed by atoms with E-state index in [-0.39, 0.29) is 11.3 Å². The average molecular weight is 375 g/mol. The molecule has 0 spiro atoms. The lowest BCUT2D eigenvalue weighted by atomic mass is 10.1. The zero-order valence-electron chi connectivity index (χ0n) is 14.0. The monoisotopic (exact) mass is 375 g/mol. The number of aliphatic imine (C=N–C) groups is 1. The van der Waals surface area contributed by atoms with Crippen molar-refractivity contribution in [1.82, 2.24) is 14.6 Å². The van der Waals surface area contributed by atoms with Gasteiger partial charge in [-0.1, -0.05) is 0 Å². The molecule has 2 aromatic heterocycles. The molecule has 0 amide bonds. The number of hydrogen-bond acceptors (Lipinski definition) is 4. The number of halogens is 4. The largest absolute Gasteiger partial charge is 0.333 e. The quantitative estimate of drug-likeness (QED) is 0.706. The first-order valence-electron chi connectivity index (χ1n) is 8.02. The van der Waals surface area contributed by atoms with Crippen LogP contribution in [0.3, 0.4) is 0 Å². The Morgan fingerprint density at radius 1 is 1.11 bits per heavy atom. The topological polar surface area (TPSA) is 54.6 Å². The Morgan fingerprint density at radius 3 is 2.52 bits per heavy atom. The lowest BCUT2D eigenvalue weighted by Crippen LogP contribution is -2.22. The lowest BCUT2D eigenvalue weighted by Gasteiger charge is -2.17. The van der Waals surface area contributed by atoms with Gasteiger partial charge in [0.1, 0.15) is 23.0 Å². The van der Waals surface area contributed by atoms with Crippen LogP contribution in [0.1, 0.15) is 18.3 Å². The van der Waals surface area contributed by atoms with Gasteiger partial charge in [-0.3, -0.25) is 4.99 Å². The fourth-order valence-corrected chi connectivity index (χ4v) is 2.71. The summed E-state index contributed by atoms with van der Waals surface area (Å²) >= 11 is 0. The Kier molecular flexibility index (Phi) is 3.94. The van der Waals surface area contributed by atoms with Crippen molar-refractivity contribution in [2.24, 2.45) is 4.99 Å². The highest BCUT2D eigenvalue weighted by Crippen LogP contribution is 2.34. The molecule has 138 valence electrons. The van der Waals surface area contributed by atoms with Gasteiger partial charge in [-0.25, -0.2) is 18.3 Å². The minimum atomic E-state index is -3.61. The second-order valence-electron chi connectivity index (χ2n) is 6.17. The van der Waals surface area contributed by atoms with Crippen LogP contribution in [-0.4, -0.2) is 27.0 Å². The second-order valence-corrected chi connectivity index (χ2v) is 6.17. The summed E-state index contributed by atoms with van der Waals surface area (Å²) in [6.45, 7) is 2.36. The maximum absolute atomic E-state index is 14.9. The molecule has 3 aromatic rings. The highest BCUT2D eigenvalue weighted by molar-refractivity contribution is 6.06. The molecule has 1 aliphatic heterocycles. The van der Waals surface area contributed by atoms with E-state index in [9.17, 15) is 17.6 Å². The summed E-state index contributed by atoms with van der Waals surface area (Å²) in [5.74, 6) is -5.31. The molecule has 27 heavy (non-hydrogen) atoms. The van der Waals surface area contributed by atoms with Crippen LogP contribution in [0.5, 0.6) is 0 Å². The van der Waals surface area contributed by atoms with Crippen molar-refractivity contribution in [2.45, 2.75) is 12.8 Å². The summed E-state index contributed by atoms with van der Waals surface area (Å²) in [5.41, 5.74) is 0.698. The third kappa shape index (κ3) is 3.16. The maximum atomic E-state index is 14.9. The molecule has 1 aliphatic rings. The molecular weight excluding hydrogens is 362 g/mol. The molecule has 0 saturated heterocycles. The average Bonchev–Trinajstić information content (AvgIpc) is 3.20. The first-order chi connectivity index (χ1) is 12.8. The molecule has 3 heterocycles. The van der Waals surface area contributed by atoms with Gasteiger partial charge in [0.25, 0.3) is 0 Å². The highest BCUT2D eigenvalue weighted by atomic mass is 19.3. The molecule has 9 heteroatoms. The van der Waals surface area contributed by atoms with Gasteiger partial charge in [0, 0.05) is 11.6 Å². The number of hydrogen-bond donors (Lipinski definition) is 1. The molecule has 0 radical (unpaired) electrons. The molecule has 4 rings (SSSR count). The molecule has 0 bridgehead atoms. The predicted molar refractivity (Wildman–Crippen MR) is 92.0 cm³/mol. The van der Waals surface area contributed by atoms with Crippen molar-refractivity contribution in [1.29, 1.82) is 0 Å². The first kappa shape index (κ1) is 17.2. The molecule has 0 unspecified atom stereocenters. The number of rotatable bonds is 3. The minimum absolute atomic E-state index is 0.00427. The fraction of sp³-hybridized carbons (Fsp3) is 0.167. The Bertz CT molecular complexity index is 1080. The van der Waals surface area contributed by atoms with Crippen molar-refractivity contribution in [3.8, 4) is 0 Å². The Balaban J connectivity index is 1.82. The number of fused-ring (bicyclic) bond motifs is 1. The number of benzene rings is 1. The molecule has 0 fully saturated rings. The van der Waals surface area contributed by atoms with E-state index >= 15 is 0 Å². The number of aromatic nitrogens is 3. The van der Waals surface area contributed by atoms with Gasteiger partial charge in [-0.15, -0.1) is 5.10 Å². The summed E-state index contributed by atoms with van der Waals surface area (Å²) < 4.78 is 57.5. The van der Waals surface area contributed by atoms with Gasteiger partial charge in [0.05, 0.1) is 12.7 Å². The third-order valence-corrected chi connectivity index (χ3v) is 4.05. The molecule has 1 N–H and O–H groups in total. The van der Waals surface area contributed by atoms with Crippen LogP contribution < -0.4 is 5.32 Å². The summed E-state index contributed by atoms with van der Waals surface area (Å²) in [7, 11) is 0.